The van der Waals surface area contributed by atoms with Crippen LogP contribution < -0.4 is 4.74 Å². The van der Waals surface area contributed by atoms with Crippen molar-refractivity contribution in [3.63, 3.8) is 0 Å². The Morgan fingerprint density at radius 2 is 2.09 bits per heavy atom. The molecule has 0 spiro atoms. The van der Waals surface area contributed by atoms with Crippen LogP contribution >= 0.6 is 15.9 Å². The summed E-state index contributed by atoms with van der Waals surface area (Å²) in [6, 6.07) is 7.79. The second kappa shape index (κ2) is 9.57. The van der Waals surface area contributed by atoms with Gasteiger partial charge >= 0.3 is 5.82 Å². The molecule has 0 bridgehead atoms. The molecule has 4 aromatic rings. The van der Waals surface area contributed by atoms with E-state index in [9.17, 15) is 14.5 Å². The quantitative estimate of drug-likeness (QED) is 0.214. The molecule has 5 rings (SSSR count). The lowest BCUT2D eigenvalue weighted by Crippen LogP contribution is -2.09. The molecule has 35 heavy (non-hydrogen) atoms. The maximum absolute atomic E-state index is 14.2. The summed E-state index contributed by atoms with van der Waals surface area (Å²) in [5.74, 6) is -0.140. The van der Waals surface area contributed by atoms with Gasteiger partial charge in [-0.3, -0.25) is 4.68 Å². The predicted octanol–water partition coefficient (Wildman–Crippen LogP) is 5.16. The fraction of sp³-hybridized carbons (Fsp3) is 0.292. The van der Waals surface area contributed by atoms with Crippen molar-refractivity contribution in [3.05, 3.63) is 91.8 Å². The van der Waals surface area contributed by atoms with Crippen molar-refractivity contribution in [2.24, 2.45) is 5.92 Å². The molecule has 0 amide bonds. The van der Waals surface area contributed by atoms with E-state index < -0.39 is 16.6 Å². The molecular weight excluding hydrogens is 519 g/mol. The summed E-state index contributed by atoms with van der Waals surface area (Å²) in [7, 11) is 0. The maximum Gasteiger partial charge on any atom is 0.406 e. The lowest BCUT2D eigenvalue weighted by atomic mass is 10.1. The molecule has 11 heteroatoms. The summed E-state index contributed by atoms with van der Waals surface area (Å²) < 4.78 is 24.2. The van der Waals surface area contributed by atoms with Crippen molar-refractivity contribution in [1.29, 1.82) is 0 Å². The van der Waals surface area contributed by atoms with Crippen molar-refractivity contribution in [3.8, 4) is 11.4 Å². The third kappa shape index (κ3) is 5.40. The maximum atomic E-state index is 14.2. The van der Waals surface area contributed by atoms with Crippen LogP contribution in [0, 0.1) is 28.8 Å². The number of hydrogen-bond acceptors (Lipinski definition) is 6. The number of nitrogens with zero attached hydrogens (tertiary/aromatic N) is 6. The third-order valence-corrected chi connectivity index (χ3v) is 6.18. The molecule has 0 aliphatic heterocycles. The van der Waals surface area contributed by atoms with Gasteiger partial charge in [0.1, 0.15) is 12.4 Å². The smallest absolute Gasteiger partial charge is 0.406 e. The first kappa shape index (κ1) is 23.2. The summed E-state index contributed by atoms with van der Waals surface area (Å²) in [4.78, 5) is 14.5. The van der Waals surface area contributed by atoms with Crippen LogP contribution in [-0.4, -0.2) is 29.5 Å². The summed E-state index contributed by atoms with van der Waals surface area (Å²) >= 11 is 3.25. The first-order valence-electron chi connectivity index (χ1n) is 11.1. The number of benzene rings is 1. The van der Waals surface area contributed by atoms with Gasteiger partial charge in [0.05, 0.1) is 22.1 Å². The highest BCUT2D eigenvalue weighted by Gasteiger charge is 2.22. The number of hydrogen-bond donors (Lipinski definition) is 0. The Hall–Kier alpha value is -3.60. The summed E-state index contributed by atoms with van der Waals surface area (Å²) in [5, 5.41) is 20.4. The molecule has 1 fully saturated rings. The van der Waals surface area contributed by atoms with Crippen molar-refractivity contribution < 1.29 is 14.1 Å². The van der Waals surface area contributed by atoms with E-state index in [0.717, 1.165) is 29.4 Å². The zero-order valence-corrected chi connectivity index (χ0v) is 20.5. The van der Waals surface area contributed by atoms with E-state index in [2.05, 4.69) is 37.3 Å². The minimum atomic E-state index is -0.618. The van der Waals surface area contributed by atoms with E-state index >= 15 is 0 Å². The van der Waals surface area contributed by atoms with E-state index in [-0.39, 0.29) is 12.4 Å². The summed E-state index contributed by atoms with van der Waals surface area (Å²) in [6.45, 7) is 2.73. The van der Waals surface area contributed by atoms with Gasteiger partial charge in [0, 0.05) is 36.5 Å². The van der Waals surface area contributed by atoms with E-state index in [1.807, 2.05) is 23.9 Å². The average Bonchev–Trinajstić information content (AvgIpc) is 3.40. The molecule has 0 N–H and O–H groups in total. The van der Waals surface area contributed by atoms with E-state index in [1.54, 1.807) is 10.7 Å². The van der Waals surface area contributed by atoms with Gasteiger partial charge in [-0.05, 0) is 81.3 Å². The molecule has 0 atom stereocenters. The van der Waals surface area contributed by atoms with Crippen molar-refractivity contribution in [2.45, 2.75) is 39.3 Å². The minimum Gasteiger partial charge on any atom is -0.481 e. The molecule has 1 aromatic carbocycles. The molecule has 1 aliphatic rings. The SMILES string of the molecule is Cc1cc(Cc2cnn(CC3CC3)c2)n(-c2ccc(F)cc2COc2cc(Br)cnc2[N+](=O)[O-])n1. The Bertz CT molecular complexity index is 1400. The van der Waals surface area contributed by atoms with Crippen LogP contribution in [0.1, 0.15) is 35.4 Å². The lowest BCUT2D eigenvalue weighted by Gasteiger charge is -2.14. The number of pyridine rings is 1. The van der Waals surface area contributed by atoms with Crippen LogP contribution in [0.15, 0.2) is 53.4 Å². The van der Waals surface area contributed by atoms with Gasteiger partial charge in [-0.15, -0.1) is 0 Å². The van der Waals surface area contributed by atoms with Crippen molar-refractivity contribution in [2.75, 3.05) is 0 Å². The predicted molar refractivity (Wildman–Crippen MR) is 129 cm³/mol. The molecule has 0 saturated heterocycles. The first-order chi connectivity index (χ1) is 16.9. The largest absolute Gasteiger partial charge is 0.481 e. The lowest BCUT2D eigenvalue weighted by molar-refractivity contribution is -0.390. The number of rotatable bonds is 9. The van der Waals surface area contributed by atoms with Crippen LogP contribution in [0.25, 0.3) is 5.69 Å². The molecule has 180 valence electrons. The Balaban J connectivity index is 1.43. The monoisotopic (exact) mass is 540 g/mol. The Labute approximate surface area is 208 Å². The highest BCUT2D eigenvalue weighted by Crippen LogP contribution is 2.31. The van der Waals surface area contributed by atoms with Gasteiger partial charge in [-0.2, -0.15) is 10.2 Å². The molecule has 0 radical (unpaired) electrons. The Morgan fingerprint density at radius 3 is 2.86 bits per heavy atom. The average molecular weight is 541 g/mol. The third-order valence-electron chi connectivity index (χ3n) is 5.74. The molecule has 1 saturated carbocycles. The summed E-state index contributed by atoms with van der Waals surface area (Å²) in [5.41, 5.74) is 3.91. The second-order valence-corrected chi connectivity index (χ2v) is 9.59. The fourth-order valence-corrected chi connectivity index (χ4v) is 4.26. The van der Waals surface area contributed by atoms with Gasteiger partial charge < -0.3 is 14.9 Å². The van der Waals surface area contributed by atoms with E-state index in [1.165, 1.54) is 37.2 Å². The summed E-state index contributed by atoms with van der Waals surface area (Å²) in [6.07, 6.45) is 8.36. The molecule has 1 aliphatic carbocycles. The topological polar surface area (TPSA) is 101 Å². The number of nitro groups is 1. The van der Waals surface area contributed by atoms with Gasteiger partial charge in [-0.1, -0.05) is 0 Å². The van der Waals surface area contributed by atoms with E-state index in [0.29, 0.717) is 22.1 Å². The zero-order chi connectivity index (χ0) is 24.5. The van der Waals surface area contributed by atoms with Crippen LogP contribution in [0.4, 0.5) is 10.2 Å². The molecule has 0 unspecified atom stereocenters. The molecule has 9 nitrogen and oxygen atoms in total. The highest BCUT2D eigenvalue weighted by atomic mass is 79.9. The Kier molecular flexibility index (Phi) is 6.33. The first-order valence-corrected chi connectivity index (χ1v) is 11.9. The van der Waals surface area contributed by atoms with Crippen LogP contribution in [0.3, 0.4) is 0 Å². The van der Waals surface area contributed by atoms with E-state index in [4.69, 9.17) is 4.74 Å². The highest BCUT2D eigenvalue weighted by molar-refractivity contribution is 9.10. The molecular formula is C24H22BrFN6O3. The zero-order valence-electron chi connectivity index (χ0n) is 18.9. The molecule has 3 aromatic heterocycles. The minimum absolute atomic E-state index is 0.0143. The van der Waals surface area contributed by atoms with Gasteiger partial charge in [0.15, 0.2) is 6.20 Å². The van der Waals surface area contributed by atoms with Crippen LogP contribution in [-0.2, 0) is 19.6 Å². The van der Waals surface area contributed by atoms with Gasteiger partial charge in [0.25, 0.3) is 0 Å². The number of aryl methyl sites for hydroxylation is 1. The Morgan fingerprint density at radius 1 is 1.26 bits per heavy atom. The van der Waals surface area contributed by atoms with Gasteiger partial charge in [-0.25, -0.2) is 9.07 Å². The number of aromatic nitrogens is 5. The normalized spacial score (nSPS) is 13.2. The van der Waals surface area contributed by atoms with Crippen LogP contribution in [0.5, 0.6) is 5.75 Å². The molecule has 3 heterocycles. The second-order valence-electron chi connectivity index (χ2n) is 8.67. The van der Waals surface area contributed by atoms with Crippen LogP contribution in [0.2, 0.25) is 0 Å². The fourth-order valence-electron chi connectivity index (χ4n) is 3.95. The van der Waals surface area contributed by atoms with Crippen molar-refractivity contribution >= 4 is 21.7 Å². The number of halogens is 2. The standard InChI is InChI=1S/C24H22BrFN6O3/c1-15-6-21(7-17-10-28-30(13-17)12-16-2-3-16)31(29-15)22-5-4-20(26)8-18(22)14-35-23-9-19(25)11-27-24(23)32(33)34/h4-6,8-11,13,16H,2-3,7,12,14H2,1H3. The number of ether oxygens (including phenoxy) is 1. The van der Waals surface area contributed by atoms with Crippen molar-refractivity contribution in [1.82, 2.24) is 24.5 Å². The van der Waals surface area contributed by atoms with Gasteiger partial charge in [0.2, 0.25) is 5.75 Å².